The molecule has 37 heavy (non-hydrogen) atoms. The maximum atomic E-state index is 14.5. The predicted octanol–water partition coefficient (Wildman–Crippen LogP) is 5.13. The molecule has 2 aromatic rings. The summed E-state index contributed by atoms with van der Waals surface area (Å²) in [4.78, 5) is 32.8. The van der Waals surface area contributed by atoms with Gasteiger partial charge in [0.25, 0.3) is 0 Å². The lowest BCUT2D eigenvalue weighted by Gasteiger charge is -2.50. The van der Waals surface area contributed by atoms with Gasteiger partial charge in [0.15, 0.2) is 0 Å². The minimum atomic E-state index is -0.318. The van der Waals surface area contributed by atoms with E-state index in [-0.39, 0.29) is 29.0 Å². The van der Waals surface area contributed by atoms with Crippen LogP contribution in [0.3, 0.4) is 0 Å². The molecule has 6 nitrogen and oxygen atoms in total. The second-order valence-electron chi connectivity index (χ2n) is 11.6. The lowest BCUT2D eigenvalue weighted by molar-refractivity contribution is -0.129. The van der Waals surface area contributed by atoms with Gasteiger partial charge in [-0.1, -0.05) is 19.1 Å². The van der Waals surface area contributed by atoms with Crippen molar-refractivity contribution in [3.05, 3.63) is 53.5 Å². The van der Waals surface area contributed by atoms with Gasteiger partial charge in [-0.05, 0) is 79.0 Å². The Morgan fingerprint density at radius 2 is 2.08 bits per heavy atom. The van der Waals surface area contributed by atoms with Crippen molar-refractivity contribution in [2.45, 2.75) is 57.8 Å². The summed E-state index contributed by atoms with van der Waals surface area (Å²) in [7, 11) is 0. The number of anilines is 2. The van der Waals surface area contributed by atoms with Crippen LogP contribution < -0.4 is 10.2 Å². The molecule has 5 atom stereocenters. The molecular weight excluding hydrogens is 469 g/mol. The van der Waals surface area contributed by atoms with Gasteiger partial charge in [0, 0.05) is 49.3 Å². The Balaban J connectivity index is 1.14. The Labute approximate surface area is 218 Å². The van der Waals surface area contributed by atoms with Gasteiger partial charge >= 0.3 is 0 Å². The minimum absolute atomic E-state index is 0.0592. The van der Waals surface area contributed by atoms with E-state index in [1.165, 1.54) is 0 Å². The number of pyridine rings is 1. The number of benzene rings is 1. The molecule has 1 amide bonds. The number of hydrogen-bond acceptors (Lipinski definition) is 5. The van der Waals surface area contributed by atoms with Gasteiger partial charge in [-0.2, -0.15) is 0 Å². The molecule has 3 aliphatic carbocycles. The summed E-state index contributed by atoms with van der Waals surface area (Å²) in [5.41, 5.74) is 2.74. The average molecular weight is 506 g/mol. The Kier molecular flexibility index (Phi) is 6.51. The topological polar surface area (TPSA) is 71.5 Å². The SMILES string of the molecule is C[C@]12CCC3c4cccc(F)c4CCC3C1[C@H](CCC(=O)Nc1cc(N3CCOCC3)ccn1)CC2=O. The number of fused-ring (bicyclic) bond motifs is 5. The molecule has 3 unspecified atom stereocenters. The molecule has 0 bridgehead atoms. The third-order valence-corrected chi connectivity index (χ3v) is 9.69. The van der Waals surface area contributed by atoms with Crippen molar-refractivity contribution in [2.24, 2.45) is 23.2 Å². The molecule has 196 valence electrons. The largest absolute Gasteiger partial charge is 0.378 e. The van der Waals surface area contributed by atoms with E-state index in [1.807, 2.05) is 18.2 Å². The van der Waals surface area contributed by atoms with E-state index in [9.17, 15) is 14.0 Å². The van der Waals surface area contributed by atoms with Crippen LogP contribution in [0.4, 0.5) is 15.9 Å². The first-order valence-corrected chi connectivity index (χ1v) is 13.8. The number of ketones is 1. The fraction of sp³-hybridized carbons (Fsp3) is 0.567. The number of nitrogens with one attached hydrogen (secondary N) is 1. The van der Waals surface area contributed by atoms with Crippen molar-refractivity contribution >= 4 is 23.2 Å². The maximum Gasteiger partial charge on any atom is 0.225 e. The van der Waals surface area contributed by atoms with E-state index in [4.69, 9.17) is 4.74 Å². The highest BCUT2D eigenvalue weighted by molar-refractivity contribution is 5.91. The van der Waals surface area contributed by atoms with E-state index in [0.29, 0.717) is 55.9 Å². The Morgan fingerprint density at radius 1 is 1.24 bits per heavy atom. The smallest absolute Gasteiger partial charge is 0.225 e. The Morgan fingerprint density at radius 3 is 2.92 bits per heavy atom. The quantitative estimate of drug-likeness (QED) is 0.610. The van der Waals surface area contributed by atoms with Crippen LogP contribution in [0.25, 0.3) is 0 Å². The molecule has 2 heterocycles. The first-order valence-electron chi connectivity index (χ1n) is 13.8. The highest BCUT2D eigenvalue weighted by Gasteiger charge is 2.58. The molecular formula is C30H36FN3O3. The van der Waals surface area contributed by atoms with Gasteiger partial charge in [-0.15, -0.1) is 0 Å². The molecule has 1 aliphatic heterocycles. The number of carbonyl (C=O) groups is 2. The van der Waals surface area contributed by atoms with Crippen molar-refractivity contribution < 1.29 is 18.7 Å². The zero-order valence-corrected chi connectivity index (χ0v) is 21.5. The van der Waals surface area contributed by atoms with Gasteiger partial charge in [0.05, 0.1) is 13.2 Å². The minimum Gasteiger partial charge on any atom is -0.378 e. The van der Waals surface area contributed by atoms with E-state index >= 15 is 0 Å². The molecule has 2 saturated carbocycles. The number of amides is 1. The van der Waals surface area contributed by atoms with Gasteiger partial charge in [-0.3, -0.25) is 9.59 Å². The standard InChI is InChI=1S/C30H36FN3O3/c1-30-11-9-22-21-3-2-4-25(31)23(21)6-7-24(22)29(30)19(17-26(30)35)5-8-28(36)33-27-18-20(10-12-32-27)34-13-15-37-16-14-34/h2-4,10,12,18-19,22,24,29H,5-9,11,13-17H2,1H3,(H,32,33,36)/t19-,22?,24?,29?,30-/m1/s1. The van der Waals surface area contributed by atoms with Crippen molar-refractivity contribution in [1.82, 2.24) is 4.98 Å². The monoisotopic (exact) mass is 505 g/mol. The third-order valence-electron chi connectivity index (χ3n) is 9.69. The Bertz CT molecular complexity index is 1200. The summed E-state index contributed by atoms with van der Waals surface area (Å²) in [6, 6.07) is 9.37. The number of aromatic nitrogens is 1. The fourth-order valence-electron chi connectivity index (χ4n) is 7.93. The molecule has 4 aliphatic rings. The fourth-order valence-corrected chi connectivity index (χ4v) is 7.93. The molecule has 0 spiro atoms. The summed E-state index contributed by atoms with van der Waals surface area (Å²) in [6.07, 6.45) is 6.81. The molecule has 7 heteroatoms. The molecule has 1 aromatic carbocycles. The average Bonchev–Trinajstić information content (AvgIpc) is 3.18. The van der Waals surface area contributed by atoms with Crippen molar-refractivity contribution in [2.75, 3.05) is 36.5 Å². The zero-order valence-electron chi connectivity index (χ0n) is 21.5. The first-order chi connectivity index (χ1) is 17.9. The summed E-state index contributed by atoms with van der Waals surface area (Å²) in [6.45, 7) is 5.21. The third kappa shape index (κ3) is 4.45. The summed E-state index contributed by atoms with van der Waals surface area (Å²) in [5.74, 6) is 1.90. The van der Waals surface area contributed by atoms with Crippen LogP contribution in [0.15, 0.2) is 36.5 Å². The molecule has 1 aromatic heterocycles. The number of ether oxygens (including phenoxy) is 1. The molecule has 6 rings (SSSR count). The van der Waals surface area contributed by atoms with Crippen LogP contribution in [0.2, 0.25) is 0 Å². The van der Waals surface area contributed by atoms with E-state index in [2.05, 4.69) is 28.2 Å². The van der Waals surface area contributed by atoms with Crippen molar-refractivity contribution in [3.63, 3.8) is 0 Å². The van der Waals surface area contributed by atoms with Gasteiger partial charge in [0.2, 0.25) is 5.91 Å². The summed E-state index contributed by atoms with van der Waals surface area (Å²) >= 11 is 0. The Hall–Kier alpha value is -2.80. The number of nitrogens with zero attached hydrogens (tertiary/aromatic N) is 2. The number of hydrogen-bond donors (Lipinski definition) is 1. The van der Waals surface area contributed by atoms with Crippen molar-refractivity contribution in [3.8, 4) is 0 Å². The highest BCUT2D eigenvalue weighted by Crippen LogP contribution is 2.62. The van der Waals surface area contributed by atoms with Crippen molar-refractivity contribution in [1.29, 1.82) is 0 Å². The highest BCUT2D eigenvalue weighted by atomic mass is 19.1. The molecule has 0 radical (unpaired) electrons. The summed E-state index contributed by atoms with van der Waals surface area (Å²) in [5, 5.41) is 2.98. The van der Waals surface area contributed by atoms with Crippen LogP contribution >= 0.6 is 0 Å². The van der Waals surface area contributed by atoms with Crippen LogP contribution in [-0.2, 0) is 20.7 Å². The molecule has 1 N–H and O–H groups in total. The van der Waals surface area contributed by atoms with Gasteiger partial charge in [-0.25, -0.2) is 9.37 Å². The lowest BCUT2D eigenvalue weighted by atomic mass is 9.54. The maximum absolute atomic E-state index is 14.5. The zero-order chi connectivity index (χ0) is 25.6. The van der Waals surface area contributed by atoms with Crippen LogP contribution in [0, 0.1) is 29.0 Å². The normalized spacial score (nSPS) is 30.9. The molecule has 1 saturated heterocycles. The second-order valence-corrected chi connectivity index (χ2v) is 11.6. The number of rotatable bonds is 5. The number of halogens is 1. The van der Waals surface area contributed by atoms with E-state index in [0.717, 1.165) is 55.6 Å². The van der Waals surface area contributed by atoms with Crippen LogP contribution in [-0.4, -0.2) is 43.0 Å². The summed E-state index contributed by atoms with van der Waals surface area (Å²) < 4.78 is 20.0. The molecule has 3 fully saturated rings. The van der Waals surface area contributed by atoms with Crippen LogP contribution in [0.1, 0.15) is 62.5 Å². The number of Topliss-reactive ketones (excluding diaryl/α,β-unsaturated/α-hetero) is 1. The predicted molar refractivity (Wildman–Crippen MR) is 140 cm³/mol. The number of morpholine rings is 1. The van der Waals surface area contributed by atoms with Gasteiger partial charge < -0.3 is 15.0 Å². The number of carbonyl (C=O) groups excluding carboxylic acids is 2. The van der Waals surface area contributed by atoms with E-state index < -0.39 is 0 Å². The van der Waals surface area contributed by atoms with Gasteiger partial charge in [0.1, 0.15) is 17.4 Å². The lowest BCUT2D eigenvalue weighted by Crippen LogP contribution is -2.44. The van der Waals surface area contributed by atoms with Crippen LogP contribution in [0.5, 0.6) is 0 Å². The second kappa shape index (κ2) is 9.82. The van der Waals surface area contributed by atoms with E-state index in [1.54, 1.807) is 12.3 Å². The first kappa shape index (κ1) is 24.5.